The zero-order chi connectivity index (χ0) is 22.8. The number of fused-ring (bicyclic) bond motifs is 1. The van der Waals surface area contributed by atoms with Gasteiger partial charge in [0, 0.05) is 12.1 Å². The summed E-state index contributed by atoms with van der Waals surface area (Å²) in [5.74, 6) is 0.880. The van der Waals surface area contributed by atoms with E-state index in [1.165, 1.54) is 51.4 Å². The molecule has 0 aliphatic carbocycles. The number of carbonyl (C=O) groups excluding carboxylic acids is 1. The van der Waals surface area contributed by atoms with E-state index in [1.54, 1.807) is 0 Å². The van der Waals surface area contributed by atoms with Crippen molar-refractivity contribution >= 4 is 16.9 Å². The Balaban J connectivity index is 1.59. The average molecular weight is 434 g/mol. The third kappa shape index (κ3) is 6.69. The number of imidazole rings is 1. The van der Waals surface area contributed by atoms with Crippen LogP contribution in [-0.2, 0) is 6.54 Å². The van der Waals surface area contributed by atoms with Gasteiger partial charge >= 0.3 is 0 Å². The number of hydrogen-bond donors (Lipinski definition) is 1. The molecule has 1 unspecified atom stereocenters. The van der Waals surface area contributed by atoms with Crippen LogP contribution >= 0.6 is 0 Å². The van der Waals surface area contributed by atoms with Crippen LogP contribution in [0.25, 0.3) is 11.0 Å². The molecule has 32 heavy (non-hydrogen) atoms. The van der Waals surface area contributed by atoms with Gasteiger partial charge in [0.2, 0.25) is 0 Å². The molecule has 1 aromatic heterocycles. The van der Waals surface area contributed by atoms with Crippen LogP contribution in [0.2, 0.25) is 0 Å². The van der Waals surface area contributed by atoms with Gasteiger partial charge in [-0.25, -0.2) is 4.98 Å². The van der Waals surface area contributed by atoms with Crippen molar-refractivity contribution in [2.24, 2.45) is 0 Å². The molecule has 1 amide bonds. The summed E-state index contributed by atoms with van der Waals surface area (Å²) in [4.78, 5) is 17.6. The molecule has 0 fully saturated rings. The fraction of sp³-hybridized carbons (Fsp3) is 0.500. The lowest BCUT2D eigenvalue weighted by Crippen LogP contribution is -2.28. The van der Waals surface area contributed by atoms with Crippen LogP contribution in [0.5, 0.6) is 0 Å². The first kappa shape index (κ1) is 24.0. The zero-order valence-corrected chi connectivity index (χ0v) is 20.1. The molecule has 0 radical (unpaired) electrons. The zero-order valence-electron chi connectivity index (χ0n) is 20.1. The Hall–Kier alpha value is -2.62. The molecular weight excluding hydrogens is 394 g/mol. The largest absolute Gasteiger partial charge is 0.342 e. The van der Waals surface area contributed by atoms with Crippen molar-refractivity contribution < 1.29 is 4.79 Å². The third-order valence-electron chi connectivity index (χ3n) is 6.22. The maximum absolute atomic E-state index is 12.7. The predicted molar refractivity (Wildman–Crippen MR) is 134 cm³/mol. The highest BCUT2D eigenvalue weighted by Gasteiger charge is 2.19. The molecule has 4 heteroatoms. The van der Waals surface area contributed by atoms with Gasteiger partial charge in [0.1, 0.15) is 5.82 Å². The lowest BCUT2D eigenvalue weighted by atomic mass is 10.1. The quantitative estimate of drug-likeness (QED) is 0.286. The summed E-state index contributed by atoms with van der Waals surface area (Å²) in [6.45, 7) is 7.26. The van der Waals surface area contributed by atoms with E-state index in [2.05, 4.69) is 35.0 Å². The molecular formula is C28H39N3O. The molecule has 0 spiro atoms. The molecule has 3 rings (SSSR count). The van der Waals surface area contributed by atoms with E-state index in [-0.39, 0.29) is 11.9 Å². The molecule has 0 bridgehead atoms. The number of aromatic nitrogens is 2. The Labute approximate surface area is 193 Å². The number of unbranched alkanes of at least 4 members (excludes halogenated alkanes) is 8. The van der Waals surface area contributed by atoms with Gasteiger partial charge in [-0.05, 0) is 44.5 Å². The van der Waals surface area contributed by atoms with Crippen molar-refractivity contribution in [1.82, 2.24) is 14.9 Å². The van der Waals surface area contributed by atoms with E-state index in [0.717, 1.165) is 35.4 Å². The summed E-state index contributed by atoms with van der Waals surface area (Å²) in [5.41, 5.74) is 3.98. The Bertz CT molecular complexity index is 974. The summed E-state index contributed by atoms with van der Waals surface area (Å²) >= 11 is 0. The molecule has 1 N–H and O–H groups in total. The van der Waals surface area contributed by atoms with E-state index in [9.17, 15) is 4.79 Å². The number of carbonyl (C=O) groups is 1. The highest BCUT2D eigenvalue weighted by molar-refractivity contribution is 5.94. The number of nitrogens with zero attached hydrogens (tertiary/aromatic N) is 2. The van der Waals surface area contributed by atoms with E-state index in [1.807, 2.05) is 44.2 Å². The molecule has 4 nitrogen and oxygen atoms in total. The maximum atomic E-state index is 12.7. The Kier molecular flexibility index (Phi) is 9.33. The molecule has 0 aliphatic rings. The van der Waals surface area contributed by atoms with Crippen molar-refractivity contribution in [1.29, 1.82) is 0 Å². The molecule has 0 aliphatic heterocycles. The van der Waals surface area contributed by atoms with Gasteiger partial charge in [0.05, 0.1) is 17.1 Å². The number of para-hydroxylation sites is 2. The summed E-state index contributed by atoms with van der Waals surface area (Å²) in [6, 6.07) is 15.8. The van der Waals surface area contributed by atoms with E-state index < -0.39 is 0 Å². The molecule has 172 valence electrons. The lowest BCUT2D eigenvalue weighted by Gasteiger charge is -2.16. The fourth-order valence-corrected chi connectivity index (χ4v) is 4.29. The van der Waals surface area contributed by atoms with Crippen LogP contribution in [0, 0.1) is 6.92 Å². The third-order valence-corrected chi connectivity index (χ3v) is 6.22. The lowest BCUT2D eigenvalue weighted by molar-refractivity contribution is 0.0937. The predicted octanol–water partition coefficient (Wildman–Crippen LogP) is 7.37. The second-order valence-corrected chi connectivity index (χ2v) is 9.00. The molecule has 2 aromatic carbocycles. The minimum Gasteiger partial charge on any atom is -0.342 e. The van der Waals surface area contributed by atoms with Crippen LogP contribution in [0.3, 0.4) is 0 Å². The number of benzene rings is 2. The van der Waals surface area contributed by atoms with Crippen LogP contribution in [0.15, 0.2) is 48.5 Å². The van der Waals surface area contributed by atoms with Crippen molar-refractivity contribution in [2.75, 3.05) is 0 Å². The SMILES string of the molecule is CCCCCCCCCCCn1c(C(C)NC(=O)c2ccc(C)cc2)nc2ccccc21. The Morgan fingerprint density at radius 2 is 1.53 bits per heavy atom. The van der Waals surface area contributed by atoms with Crippen molar-refractivity contribution in [3.63, 3.8) is 0 Å². The van der Waals surface area contributed by atoms with E-state index in [0.29, 0.717) is 5.56 Å². The minimum atomic E-state index is -0.158. The highest BCUT2D eigenvalue weighted by atomic mass is 16.1. The van der Waals surface area contributed by atoms with Gasteiger partial charge in [-0.15, -0.1) is 0 Å². The van der Waals surface area contributed by atoms with Crippen molar-refractivity contribution in [3.8, 4) is 0 Å². The normalized spacial score (nSPS) is 12.2. The first-order valence-electron chi connectivity index (χ1n) is 12.4. The molecule has 0 saturated carbocycles. The second kappa shape index (κ2) is 12.4. The van der Waals surface area contributed by atoms with Crippen LogP contribution in [0.1, 0.15) is 99.4 Å². The first-order valence-corrected chi connectivity index (χ1v) is 12.4. The van der Waals surface area contributed by atoms with Crippen LogP contribution in [-0.4, -0.2) is 15.5 Å². The fourth-order valence-electron chi connectivity index (χ4n) is 4.29. The number of amides is 1. The summed E-state index contributed by atoms with van der Waals surface area (Å²) in [5, 5.41) is 3.15. The van der Waals surface area contributed by atoms with Crippen molar-refractivity contribution in [3.05, 3.63) is 65.5 Å². The number of aryl methyl sites for hydroxylation is 2. The van der Waals surface area contributed by atoms with Gasteiger partial charge in [-0.1, -0.05) is 88.1 Å². The van der Waals surface area contributed by atoms with Gasteiger partial charge < -0.3 is 9.88 Å². The van der Waals surface area contributed by atoms with Gasteiger partial charge in [-0.2, -0.15) is 0 Å². The van der Waals surface area contributed by atoms with E-state index in [4.69, 9.17) is 4.98 Å². The highest BCUT2D eigenvalue weighted by Crippen LogP contribution is 2.22. The number of nitrogens with one attached hydrogen (secondary N) is 1. The van der Waals surface area contributed by atoms with Crippen LogP contribution < -0.4 is 5.32 Å². The summed E-state index contributed by atoms with van der Waals surface area (Å²) in [6.07, 6.45) is 11.8. The van der Waals surface area contributed by atoms with Gasteiger partial charge in [0.15, 0.2) is 0 Å². The Morgan fingerprint density at radius 1 is 0.906 bits per heavy atom. The maximum Gasteiger partial charge on any atom is 0.251 e. The smallest absolute Gasteiger partial charge is 0.251 e. The van der Waals surface area contributed by atoms with Gasteiger partial charge in [0.25, 0.3) is 5.91 Å². The first-order chi connectivity index (χ1) is 15.6. The average Bonchev–Trinajstić information content (AvgIpc) is 3.17. The molecule has 1 heterocycles. The standard InChI is InChI=1S/C28H39N3O/c1-4-5-6-7-8-9-10-11-14-21-31-26-16-13-12-15-25(26)30-27(31)23(3)29-28(32)24-19-17-22(2)18-20-24/h12-13,15-20,23H,4-11,14,21H2,1-3H3,(H,29,32). The van der Waals surface area contributed by atoms with Gasteiger partial charge in [-0.3, -0.25) is 4.79 Å². The Morgan fingerprint density at radius 3 is 2.22 bits per heavy atom. The molecule has 1 atom stereocenters. The minimum absolute atomic E-state index is 0.0563. The second-order valence-electron chi connectivity index (χ2n) is 9.00. The molecule has 3 aromatic rings. The monoisotopic (exact) mass is 433 g/mol. The van der Waals surface area contributed by atoms with E-state index >= 15 is 0 Å². The number of hydrogen-bond acceptors (Lipinski definition) is 2. The topological polar surface area (TPSA) is 46.9 Å². The van der Waals surface area contributed by atoms with Crippen molar-refractivity contribution in [2.45, 2.75) is 91.1 Å². The van der Waals surface area contributed by atoms with Crippen LogP contribution in [0.4, 0.5) is 0 Å². The molecule has 0 saturated heterocycles. The summed E-state index contributed by atoms with van der Waals surface area (Å²) in [7, 11) is 0. The number of rotatable bonds is 13. The summed E-state index contributed by atoms with van der Waals surface area (Å²) < 4.78 is 2.30.